The third kappa shape index (κ3) is 6.42. The molecule has 17 heavy (non-hydrogen) atoms. The number of ether oxygens (including phenoxy) is 1. The third-order valence-electron chi connectivity index (χ3n) is 1.63. The monoisotopic (exact) mass is 258 g/mol. The zero-order valence-electron chi connectivity index (χ0n) is 9.70. The molecule has 0 atom stereocenters. The molecule has 0 saturated carbocycles. The first kappa shape index (κ1) is 15.2. The van der Waals surface area contributed by atoms with Crippen molar-refractivity contribution < 1.29 is 14.3 Å². The molecule has 1 amide bonds. The van der Waals surface area contributed by atoms with Crippen molar-refractivity contribution in [2.45, 2.75) is 13.8 Å². The molecule has 5 nitrogen and oxygen atoms in total. The molecule has 4 N–H and O–H groups in total. The molecule has 0 aliphatic heterocycles. The Kier molecular flexibility index (Phi) is 6.74. The summed E-state index contributed by atoms with van der Waals surface area (Å²) in [6.07, 6.45) is 0. The summed E-state index contributed by atoms with van der Waals surface area (Å²) in [6.45, 7) is 3.65. The van der Waals surface area contributed by atoms with E-state index in [9.17, 15) is 9.59 Å². The van der Waals surface area contributed by atoms with E-state index >= 15 is 0 Å². The topological polar surface area (TPSA) is 95.4 Å². The number of hydrogen-bond acceptors (Lipinski definition) is 4. The number of carbonyl (C=O) groups is 2. The zero-order chi connectivity index (χ0) is 13.4. The minimum atomic E-state index is -0.508. The Balaban J connectivity index is 0.000000366. The van der Waals surface area contributed by atoms with Gasteiger partial charge in [0.05, 0.1) is 17.3 Å². The lowest BCUT2D eigenvalue weighted by Crippen LogP contribution is -2.10. The maximum absolute atomic E-state index is 10.6. The van der Waals surface area contributed by atoms with E-state index < -0.39 is 5.91 Å². The maximum atomic E-state index is 10.6. The second kappa shape index (κ2) is 7.51. The highest BCUT2D eigenvalue weighted by Gasteiger charge is 2.01. The number of hydrogen-bond donors (Lipinski definition) is 2. The van der Waals surface area contributed by atoms with Gasteiger partial charge in [0.2, 0.25) is 5.91 Å². The Morgan fingerprint density at radius 2 is 2.00 bits per heavy atom. The lowest BCUT2D eigenvalue weighted by molar-refractivity contribution is -0.140. The molecule has 0 aromatic heterocycles. The summed E-state index contributed by atoms with van der Waals surface area (Å²) in [5, 5.41) is 0.348. The molecule has 0 bridgehead atoms. The first-order valence-corrected chi connectivity index (χ1v) is 5.24. The summed E-state index contributed by atoms with van der Waals surface area (Å²) in [6, 6.07) is 4.52. The van der Waals surface area contributed by atoms with Crippen LogP contribution in [0.15, 0.2) is 18.2 Å². The van der Waals surface area contributed by atoms with Crippen molar-refractivity contribution in [2.75, 3.05) is 12.3 Å². The van der Waals surface area contributed by atoms with Gasteiger partial charge in [0, 0.05) is 12.5 Å². The van der Waals surface area contributed by atoms with Crippen LogP contribution in [0.4, 0.5) is 5.69 Å². The number of carbonyl (C=O) groups excluding carboxylic acids is 2. The fourth-order valence-electron chi connectivity index (χ4n) is 0.884. The Hall–Kier alpha value is -1.75. The van der Waals surface area contributed by atoms with Crippen molar-refractivity contribution in [3.05, 3.63) is 28.8 Å². The van der Waals surface area contributed by atoms with Gasteiger partial charge in [-0.3, -0.25) is 9.59 Å². The summed E-state index contributed by atoms with van der Waals surface area (Å²) in [4.78, 5) is 20.4. The molecule has 0 saturated heterocycles. The number of rotatable bonds is 2. The molecule has 6 heteroatoms. The van der Waals surface area contributed by atoms with Crippen LogP contribution in [0.1, 0.15) is 24.2 Å². The van der Waals surface area contributed by atoms with Gasteiger partial charge in [0.15, 0.2) is 0 Å². The highest BCUT2D eigenvalue weighted by atomic mass is 35.5. The van der Waals surface area contributed by atoms with Gasteiger partial charge >= 0.3 is 5.97 Å². The van der Waals surface area contributed by atoms with Crippen LogP contribution in [-0.2, 0) is 9.53 Å². The van der Waals surface area contributed by atoms with Crippen molar-refractivity contribution in [1.29, 1.82) is 0 Å². The molecular weight excluding hydrogens is 244 g/mol. The van der Waals surface area contributed by atoms with Gasteiger partial charge in [-0.25, -0.2) is 0 Å². The molecule has 0 heterocycles. The van der Waals surface area contributed by atoms with Crippen LogP contribution in [0.3, 0.4) is 0 Å². The normalized spacial score (nSPS) is 8.88. The fraction of sp³-hybridized carbons (Fsp3) is 0.273. The van der Waals surface area contributed by atoms with Gasteiger partial charge in [0.25, 0.3) is 0 Å². The first-order valence-electron chi connectivity index (χ1n) is 4.86. The summed E-state index contributed by atoms with van der Waals surface area (Å²) >= 11 is 5.63. The molecule has 1 rings (SSSR count). The lowest BCUT2D eigenvalue weighted by Gasteiger charge is -1.98. The van der Waals surface area contributed by atoms with Crippen molar-refractivity contribution >= 4 is 29.2 Å². The van der Waals surface area contributed by atoms with Gasteiger partial charge in [-0.2, -0.15) is 0 Å². The summed E-state index contributed by atoms with van der Waals surface area (Å²) in [5.74, 6) is -0.718. The standard InChI is InChI=1S/C7H7ClN2O.C4H8O2/c8-5-3-4(7(10)11)1-2-6(5)9;1-3-6-4(2)5/h1-3H,9H2,(H2,10,11);3H2,1-2H3. The Morgan fingerprint density at radius 1 is 1.41 bits per heavy atom. The van der Waals surface area contributed by atoms with Gasteiger partial charge in [-0.15, -0.1) is 0 Å². The zero-order valence-corrected chi connectivity index (χ0v) is 10.5. The SMILES string of the molecule is CCOC(C)=O.NC(=O)c1ccc(N)c(Cl)c1. The van der Waals surface area contributed by atoms with E-state index in [0.29, 0.717) is 22.9 Å². The minimum Gasteiger partial charge on any atom is -0.466 e. The second-order valence-corrected chi connectivity index (χ2v) is 3.43. The van der Waals surface area contributed by atoms with E-state index in [2.05, 4.69) is 4.74 Å². The summed E-state index contributed by atoms with van der Waals surface area (Å²) in [7, 11) is 0. The molecule has 1 aromatic carbocycles. The highest BCUT2D eigenvalue weighted by molar-refractivity contribution is 6.33. The van der Waals surface area contributed by atoms with Crippen molar-refractivity contribution in [3.8, 4) is 0 Å². The van der Waals surface area contributed by atoms with E-state index in [1.807, 2.05) is 0 Å². The molecular formula is C11H15ClN2O3. The average molecular weight is 259 g/mol. The maximum Gasteiger partial charge on any atom is 0.302 e. The molecule has 1 aromatic rings. The smallest absolute Gasteiger partial charge is 0.302 e. The van der Waals surface area contributed by atoms with Crippen LogP contribution < -0.4 is 11.5 Å². The van der Waals surface area contributed by atoms with Gasteiger partial charge < -0.3 is 16.2 Å². The Morgan fingerprint density at radius 3 is 2.29 bits per heavy atom. The van der Waals surface area contributed by atoms with Gasteiger partial charge in [-0.05, 0) is 25.1 Å². The first-order chi connectivity index (χ1) is 7.88. The van der Waals surface area contributed by atoms with E-state index in [4.69, 9.17) is 23.1 Å². The number of halogens is 1. The van der Waals surface area contributed by atoms with E-state index in [-0.39, 0.29) is 5.97 Å². The van der Waals surface area contributed by atoms with Gasteiger partial charge in [0.1, 0.15) is 0 Å². The quantitative estimate of drug-likeness (QED) is 0.622. The van der Waals surface area contributed by atoms with E-state index in [0.717, 1.165) is 0 Å². The molecule has 0 aliphatic carbocycles. The predicted molar refractivity (Wildman–Crippen MR) is 66.7 cm³/mol. The molecule has 0 radical (unpaired) electrons. The molecule has 94 valence electrons. The third-order valence-corrected chi connectivity index (χ3v) is 1.96. The number of anilines is 1. The average Bonchev–Trinajstić information content (AvgIpc) is 2.22. The number of esters is 1. The molecule has 0 fully saturated rings. The predicted octanol–water partition coefficient (Wildman–Crippen LogP) is 1.59. The summed E-state index contributed by atoms with van der Waals surface area (Å²) in [5.41, 5.74) is 11.2. The number of nitrogen functional groups attached to an aromatic ring is 1. The van der Waals surface area contributed by atoms with Crippen molar-refractivity contribution in [2.24, 2.45) is 5.73 Å². The van der Waals surface area contributed by atoms with Crippen LogP contribution in [0.2, 0.25) is 5.02 Å². The van der Waals surface area contributed by atoms with E-state index in [1.54, 1.807) is 13.0 Å². The Labute approximate surface area is 105 Å². The number of nitrogens with two attached hydrogens (primary N) is 2. The van der Waals surface area contributed by atoms with Crippen molar-refractivity contribution in [1.82, 2.24) is 0 Å². The van der Waals surface area contributed by atoms with Crippen LogP contribution in [0.5, 0.6) is 0 Å². The Bertz CT molecular complexity index is 408. The van der Waals surface area contributed by atoms with Crippen LogP contribution in [0.25, 0.3) is 0 Å². The lowest BCUT2D eigenvalue weighted by atomic mass is 10.2. The number of benzene rings is 1. The fourth-order valence-corrected chi connectivity index (χ4v) is 1.06. The van der Waals surface area contributed by atoms with Crippen LogP contribution >= 0.6 is 11.6 Å². The van der Waals surface area contributed by atoms with Crippen molar-refractivity contribution in [3.63, 3.8) is 0 Å². The molecule has 0 spiro atoms. The minimum absolute atomic E-state index is 0.211. The molecule has 0 unspecified atom stereocenters. The summed E-state index contributed by atoms with van der Waals surface area (Å²) < 4.78 is 4.40. The van der Waals surface area contributed by atoms with Gasteiger partial charge in [-0.1, -0.05) is 11.6 Å². The number of primary amides is 1. The second-order valence-electron chi connectivity index (χ2n) is 3.03. The van der Waals surface area contributed by atoms with Crippen LogP contribution in [-0.4, -0.2) is 18.5 Å². The largest absolute Gasteiger partial charge is 0.466 e. The highest BCUT2D eigenvalue weighted by Crippen LogP contribution is 2.18. The number of amides is 1. The van der Waals surface area contributed by atoms with Crippen LogP contribution in [0, 0.1) is 0 Å². The molecule has 0 aliphatic rings. The van der Waals surface area contributed by atoms with E-state index in [1.165, 1.54) is 19.1 Å².